The van der Waals surface area contributed by atoms with E-state index in [0.717, 1.165) is 5.56 Å². The van der Waals surface area contributed by atoms with Crippen molar-refractivity contribution in [2.75, 3.05) is 13.2 Å². The zero-order chi connectivity index (χ0) is 11.1. The predicted octanol–water partition coefficient (Wildman–Crippen LogP) is 1.20. The molecule has 0 aliphatic rings. The van der Waals surface area contributed by atoms with Crippen molar-refractivity contribution in [3.63, 3.8) is 0 Å². The Labute approximate surface area is 87.9 Å². The Morgan fingerprint density at radius 1 is 1.40 bits per heavy atom. The first-order valence-corrected chi connectivity index (χ1v) is 4.79. The molecule has 1 aromatic carbocycles. The first-order valence-electron chi connectivity index (χ1n) is 4.79. The van der Waals surface area contributed by atoms with Crippen LogP contribution >= 0.6 is 0 Å². The lowest BCUT2D eigenvalue weighted by atomic mass is 10.1. The highest BCUT2D eigenvalue weighted by molar-refractivity contribution is 5.76. The quantitative estimate of drug-likeness (QED) is 0.768. The van der Waals surface area contributed by atoms with Crippen molar-refractivity contribution in [2.24, 2.45) is 0 Å². The number of carbonyl (C=O) groups is 1. The molecule has 0 spiro atoms. The number of nitrogens with one attached hydrogen (secondary N) is 1. The molecule has 2 N–H and O–H groups in total. The smallest absolute Gasteiger partial charge is 0.251 e. The molecule has 3 nitrogen and oxygen atoms in total. The van der Waals surface area contributed by atoms with Crippen molar-refractivity contribution in [2.45, 2.75) is 12.5 Å². The van der Waals surface area contributed by atoms with E-state index in [1.165, 1.54) is 0 Å². The van der Waals surface area contributed by atoms with E-state index in [2.05, 4.69) is 5.32 Å². The number of carbonyl (C=O) groups excluding carboxylic acids is 1. The summed E-state index contributed by atoms with van der Waals surface area (Å²) >= 11 is 0. The Balaban J connectivity index is 2.31. The Morgan fingerprint density at radius 3 is 2.67 bits per heavy atom. The van der Waals surface area contributed by atoms with Crippen molar-refractivity contribution < 1.29 is 14.3 Å². The number of rotatable bonds is 5. The van der Waals surface area contributed by atoms with Gasteiger partial charge in [0, 0.05) is 6.54 Å². The number of amides is 1. The second kappa shape index (κ2) is 6.14. The third kappa shape index (κ3) is 4.08. The molecule has 82 valence electrons. The molecule has 0 aliphatic carbocycles. The van der Waals surface area contributed by atoms with Gasteiger partial charge in [-0.3, -0.25) is 4.79 Å². The van der Waals surface area contributed by atoms with Crippen LogP contribution in [-0.4, -0.2) is 24.2 Å². The van der Waals surface area contributed by atoms with E-state index >= 15 is 0 Å². The average molecular weight is 211 g/mol. The van der Waals surface area contributed by atoms with Crippen LogP contribution in [-0.2, 0) is 4.79 Å². The number of aliphatic hydroxyl groups excluding tert-OH is 1. The summed E-state index contributed by atoms with van der Waals surface area (Å²) in [6.45, 7) is -0.736. The van der Waals surface area contributed by atoms with Gasteiger partial charge >= 0.3 is 0 Å². The SMILES string of the molecule is O=C(CF)NCCC(O)c1ccccc1. The van der Waals surface area contributed by atoms with Crippen LogP contribution in [0.5, 0.6) is 0 Å². The summed E-state index contributed by atoms with van der Waals surface area (Å²) in [5.41, 5.74) is 0.798. The van der Waals surface area contributed by atoms with Crippen LogP contribution in [0.3, 0.4) is 0 Å². The highest BCUT2D eigenvalue weighted by Gasteiger charge is 2.07. The van der Waals surface area contributed by atoms with E-state index in [0.29, 0.717) is 6.42 Å². The molecule has 1 aromatic rings. The minimum Gasteiger partial charge on any atom is -0.388 e. The lowest BCUT2D eigenvalue weighted by molar-refractivity contribution is -0.122. The van der Waals surface area contributed by atoms with E-state index < -0.39 is 18.7 Å². The molecule has 0 bridgehead atoms. The predicted molar refractivity (Wildman–Crippen MR) is 55.0 cm³/mol. The highest BCUT2D eigenvalue weighted by atomic mass is 19.1. The maximum Gasteiger partial charge on any atom is 0.251 e. The third-order valence-electron chi connectivity index (χ3n) is 2.05. The molecule has 1 atom stereocenters. The molecular weight excluding hydrogens is 197 g/mol. The summed E-state index contributed by atoms with van der Waals surface area (Å²) in [4.78, 5) is 10.6. The van der Waals surface area contributed by atoms with E-state index in [-0.39, 0.29) is 6.54 Å². The summed E-state index contributed by atoms with van der Waals surface area (Å²) < 4.78 is 11.8. The van der Waals surface area contributed by atoms with Crippen molar-refractivity contribution in [1.82, 2.24) is 5.32 Å². The summed E-state index contributed by atoms with van der Waals surface area (Å²) in [7, 11) is 0. The molecule has 4 heteroatoms. The second-order valence-corrected chi connectivity index (χ2v) is 3.20. The van der Waals surface area contributed by atoms with E-state index in [9.17, 15) is 14.3 Å². The molecule has 0 heterocycles. The van der Waals surface area contributed by atoms with Crippen LogP contribution < -0.4 is 5.32 Å². The number of hydrogen-bond acceptors (Lipinski definition) is 2. The first kappa shape index (κ1) is 11.7. The van der Waals surface area contributed by atoms with E-state index in [4.69, 9.17) is 0 Å². The standard InChI is InChI=1S/C11H14FNO2/c12-8-11(15)13-7-6-10(14)9-4-2-1-3-5-9/h1-5,10,14H,6-8H2,(H,13,15). The Bertz CT molecular complexity index is 303. The van der Waals surface area contributed by atoms with Crippen LogP contribution in [0, 0.1) is 0 Å². The normalized spacial score (nSPS) is 12.1. The number of alkyl halides is 1. The van der Waals surface area contributed by atoms with Crippen LogP contribution in [0.15, 0.2) is 30.3 Å². The topological polar surface area (TPSA) is 49.3 Å². The lowest BCUT2D eigenvalue weighted by Crippen LogP contribution is -2.26. The maximum absolute atomic E-state index is 11.8. The Hall–Kier alpha value is -1.42. The van der Waals surface area contributed by atoms with Gasteiger partial charge in [-0.1, -0.05) is 30.3 Å². The zero-order valence-electron chi connectivity index (χ0n) is 8.32. The molecule has 1 rings (SSSR count). The molecule has 1 unspecified atom stereocenters. The molecule has 0 saturated heterocycles. The van der Waals surface area contributed by atoms with Crippen molar-refractivity contribution >= 4 is 5.91 Å². The summed E-state index contributed by atoms with van der Waals surface area (Å²) in [5, 5.41) is 12.0. The lowest BCUT2D eigenvalue weighted by Gasteiger charge is -2.10. The van der Waals surface area contributed by atoms with Crippen molar-refractivity contribution in [3.05, 3.63) is 35.9 Å². The van der Waals surface area contributed by atoms with Gasteiger partial charge < -0.3 is 10.4 Å². The first-order chi connectivity index (χ1) is 7.24. The van der Waals surface area contributed by atoms with Gasteiger partial charge in [-0.25, -0.2) is 4.39 Å². The Morgan fingerprint density at radius 2 is 2.07 bits per heavy atom. The molecule has 1 amide bonds. The van der Waals surface area contributed by atoms with Gasteiger partial charge in [0.2, 0.25) is 0 Å². The summed E-state index contributed by atoms with van der Waals surface area (Å²) in [6, 6.07) is 9.14. The van der Waals surface area contributed by atoms with Gasteiger partial charge in [-0.15, -0.1) is 0 Å². The van der Waals surface area contributed by atoms with Crippen LogP contribution in [0.25, 0.3) is 0 Å². The van der Waals surface area contributed by atoms with Gasteiger partial charge in [0.05, 0.1) is 6.10 Å². The monoisotopic (exact) mass is 211 g/mol. The van der Waals surface area contributed by atoms with E-state index in [1.54, 1.807) is 0 Å². The largest absolute Gasteiger partial charge is 0.388 e. The summed E-state index contributed by atoms with van der Waals surface area (Å²) in [5.74, 6) is -0.643. The van der Waals surface area contributed by atoms with Crippen LogP contribution in [0.1, 0.15) is 18.1 Å². The molecule has 0 aliphatic heterocycles. The second-order valence-electron chi connectivity index (χ2n) is 3.20. The van der Waals surface area contributed by atoms with Crippen molar-refractivity contribution in [1.29, 1.82) is 0 Å². The van der Waals surface area contributed by atoms with Crippen molar-refractivity contribution in [3.8, 4) is 0 Å². The molecule has 0 fully saturated rings. The molecule has 15 heavy (non-hydrogen) atoms. The fourth-order valence-electron chi connectivity index (χ4n) is 1.24. The van der Waals surface area contributed by atoms with E-state index in [1.807, 2.05) is 30.3 Å². The van der Waals surface area contributed by atoms with Crippen LogP contribution in [0.2, 0.25) is 0 Å². The molecular formula is C11H14FNO2. The molecule has 0 radical (unpaired) electrons. The average Bonchev–Trinajstić information content (AvgIpc) is 2.29. The van der Waals surface area contributed by atoms with Crippen LogP contribution in [0.4, 0.5) is 4.39 Å². The Kier molecular flexibility index (Phi) is 4.77. The van der Waals surface area contributed by atoms with Gasteiger partial charge in [-0.05, 0) is 12.0 Å². The maximum atomic E-state index is 11.8. The minimum atomic E-state index is -1.01. The zero-order valence-corrected chi connectivity index (χ0v) is 8.32. The molecule has 0 aromatic heterocycles. The fraction of sp³-hybridized carbons (Fsp3) is 0.364. The minimum absolute atomic E-state index is 0.277. The highest BCUT2D eigenvalue weighted by Crippen LogP contribution is 2.14. The number of hydrogen-bond donors (Lipinski definition) is 2. The van der Waals surface area contributed by atoms with Gasteiger partial charge in [0.15, 0.2) is 6.67 Å². The summed E-state index contributed by atoms with van der Waals surface area (Å²) in [6.07, 6.45) is -0.235. The molecule has 0 saturated carbocycles. The number of aliphatic hydroxyl groups is 1. The van der Waals surface area contributed by atoms with Gasteiger partial charge in [0.1, 0.15) is 0 Å². The number of halogens is 1. The van der Waals surface area contributed by atoms with Gasteiger partial charge in [-0.2, -0.15) is 0 Å². The fourth-order valence-corrected chi connectivity index (χ4v) is 1.24. The van der Waals surface area contributed by atoms with Gasteiger partial charge in [0.25, 0.3) is 5.91 Å². The third-order valence-corrected chi connectivity index (χ3v) is 2.05. The number of benzene rings is 1.